The van der Waals surface area contributed by atoms with Crippen molar-refractivity contribution in [2.45, 2.75) is 69.7 Å². The van der Waals surface area contributed by atoms with Gasteiger partial charge in [-0.25, -0.2) is 8.70 Å². The monoisotopic (exact) mass is 410 g/mol. The molecule has 158 valence electrons. The average Bonchev–Trinajstić information content (AvgIpc) is 3.08. The maximum atomic E-state index is 12.9. The second-order valence-corrected chi connectivity index (χ2v) is 9.48. The molecule has 2 unspecified atom stereocenters. The molecule has 1 aliphatic heterocycles. The highest BCUT2D eigenvalue weighted by molar-refractivity contribution is 7.97. The van der Waals surface area contributed by atoms with Gasteiger partial charge >= 0.3 is 0 Å². The highest BCUT2D eigenvalue weighted by Gasteiger charge is 2.42. The summed E-state index contributed by atoms with van der Waals surface area (Å²) in [6.45, 7) is 8.03. The van der Waals surface area contributed by atoms with E-state index in [9.17, 15) is 9.50 Å². The molecule has 1 N–H and O–H groups in total. The summed E-state index contributed by atoms with van der Waals surface area (Å²) in [7, 11) is 0. The molecule has 1 aromatic carbocycles. The minimum absolute atomic E-state index is 0.266. The van der Waals surface area contributed by atoms with Gasteiger partial charge in [0, 0.05) is 37.5 Å². The number of ether oxygens (including phenoxy) is 1. The summed E-state index contributed by atoms with van der Waals surface area (Å²) < 4.78 is 20.5. The Morgan fingerprint density at radius 1 is 1.25 bits per heavy atom. The largest absolute Gasteiger partial charge is 0.461 e. The van der Waals surface area contributed by atoms with Crippen molar-refractivity contribution in [3.05, 3.63) is 24.3 Å². The highest BCUT2D eigenvalue weighted by atomic mass is 32.2. The SMILES string of the molecule is CCCN(CCO)C1CCC2(CCN(Sc3ccc(OC(C)F)cc3)CC2)C1. The molecule has 0 radical (unpaired) electrons. The molecule has 28 heavy (non-hydrogen) atoms. The Morgan fingerprint density at radius 3 is 2.57 bits per heavy atom. The number of alkyl halides is 1. The van der Waals surface area contributed by atoms with E-state index >= 15 is 0 Å². The molecule has 2 aliphatic rings. The maximum Gasteiger partial charge on any atom is 0.235 e. The van der Waals surface area contributed by atoms with Gasteiger partial charge in [0.25, 0.3) is 0 Å². The van der Waals surface area contributed by atoms with E-state index in [0.717, 1.165) is 32.6 Å². The summed E-state index contributed by atoms with van der Waals surface area (Å²) in [5.74, 6) is 0.577. The molecular weight excluding hydrogens is 375 g/mol. The number of halogens is 1. The van der Waals surface area contributed by atoms with E-state index in [2.05, 4.69) is 16.1 Å². The van der Waals surface area contributed by atoms with E-state index in [1.54, 1.807) is 11.9 Å². The summed E-state index contributed by atoms with van der Waals surface area (Å²) in [6.07, 6.45) is 6.29. The molecular formula is C22H35FN2O2S. The number of hydrogen-bond acceptors (Lipinski definition) is 5. The van der Waals surface area contributed by atoms with Crippen molar-refractivity contribution in [2.24, 2.45) is 5.41 Å². The molecule has 0 aromatic heterocycles. The molecule has 1 aliphatic carbocycles. The van der Waals surface area contributed by atoms with E-state index < -0.39 is 6.36 Å². The fraction of sp³-hybridized carbons (Fsp3) is 0.727. The summed E-state index contributed by atoms with van der Waals surface area (Å²) in [5, 5.41) is 9.38. The molecule has 1 saturated heterocycles. The lowest BCUT2D eigenvalue weighted by Gasteiger charge is -2.39. The van der Waals surface area contributed by atoms with E-state index in [1.807, 2.05) is 24.3 Å². The van der Waals surface area contributed by atoms with Crippen LogP contribution in [0.1, 0.15) is 52.4 Å². The van der Waals surface area contributed by atoms with Gasteiger partial charge in [-0.1, -0.05) is 6.92 Å². The zero-order valence-corrected chi connectivity index (χ0v) is 18.1. The lowest BCUT2D eigenvalue weighted by Crippen LogP contribution is -2.39. The zero-order valence-electron chi connectivity index (χ0n) is 17.3. The van der Waals surface area contributed by atoms with Crippen molar-refractivity contribution in [3.63, 3.8) is 0 Å². The molecule has 1 heterocycles. The Morgan fingerprint density at radius 2 is 1.96 bits per heavy atom. The van der Waals surface area contributed by atoms with Gasteiger partial charge in [0.15, 0.2) is 0 Å². The smallest absolute Gasteiger partial charge is 0.235 e. The highest BCUT2D eigenvalue weighted by Crippen LogP contribution is 2.49. The van der Waals surface area contributed by atoms with Gasteiger partial charge in [0.05, 0.1) is 6.61 Å². The molecule has 6 heteroatoms. The molecule has 1 spiro atoms. The van der Waals surface area contributed by atoms with Gasteiger partial charge < -0.3 is 9.84 Å². The van der Waals surface area contributed by atoms with E-state index in [1.165, 1.54) is 43.9 Å². The summed E-state index contributed by atoms with van der Waals surface area (Å²) in [4.78, 5) is 3.69. The molecule has 1 saturated carbocycles. The lowest BCUT2D eigenvalue weighted by atomic mass is 9.77. The van der Waals surface area contributed by atoms with Gasteiger partial charge in [-0.05, 0) is 86.7 Å². The Hall–Kier alpha value is -0.820. The number of piperidine rings is 1. The van der Waals surface area contributed by atoms with Crippen LogP contribution in [-0.4, -0.2) is 59.5 Å². The number of aliphatic hydroxyl groups is 1. The van der Waals surface area contributed by atoms with Crippen LogP contribution in [0.4, 0.5) is 4.39 Å². The number of rotatable bonds is 9. The van der Waals surface area contributed by atoms with Crippen LogP contribution in [0.2, 0.25) is 0 Å². The van der Waals surface area contributed by atoms with Crippen LogP contribution < -0.4 is 4.74 Å². The third kappa shape index (κ3) is 5.85. The van der Waals surface area contributed by atoms with Crippen LogP contribution in [0, 0.1) is 5.41 Å². The number of benzene rings is 1. The molecule has 1 aromatic rings. The van der Waals surface area contributed by atoms with Gasteiger partial charge in [-0.15, -0.1) is 0 Å². The maximum absolute atomic E-state index is 12.9. The van der Waals surface area contributed by atoms with Crippen molar-refractivity contribution >= 4 is 11.9 Å². The van der Waals surface area contributed by atoms with Crippen molar-refractivity contribution in [1.29, 1.82) is 0 Å². The molecule has 0 amide bonds. The third-order valence-electron chi connectivity index (χ3n) is 6.23. The first-order valence-electron chi connectivity index (χ1n) is 10.7. The van der Waals surface area contributed by atoms with Crippen LogP contribution in [0.25, 0.3) is 0 Å². The summed E-state index contributed by atoms with van der Waals surface area (Å²) >= 11 is 1.80. The third-order valence-corrected chi connectivity index (χ3v) is 7.34. The van der Waals surface area contributed by atoms with Gasteiger partial charge in [0.2, 0.25) is 6.36 Å². The standard InChI is InChI=1S/C22H35FN2O2S/c1-3-12-24(15-16-26)19-8-9-22(17-19)10-13-25(14-11-22)28-21-6-4-20(5-7-21)27-18(2)23/h4-7,18-19,26H,3,8-17H2,1-2H3. The van der Waals surface area contributed by atoms with Crippen molar-refractivity contribution in [2.75, 3.05) is 32.8 Å². The quantitative estimate of drug-likeness (QED) is 0.596. The van der Waals surface area contributed by atoms with Crippen LogP contribution in [-0.2, 0) is 0 Å². The minimum Gasteiger partial charge on any atom is -0.461 e. The number of aliphatic hydroxyl groups excluding tert-OH is 1. The van der Waals surface area contributed by atoms with E-state index in [4.69, 9.17) is 4.74 Å². The van der Waals surface area contributed by atoms with Gasteiger partial charge in [-0.3, -0.25) is 4.90 Å². The molecule has 3 rings (SSSR count). The normalized spacial score (nSPS) is 23.4. The molecule has 2 fully saturated rings. The summed E-state index contributed by atoms with van der Waals surface area (Å²) in [6, 6.07) is 8.35. The molecule has 2 atom stereocenters. The van der Waals surface area contributed by atoms with Crippen LogP contribution >= 0.6 is 11.9 Å². The van der Waals surface area contributed by atoms with Crippen molar-refractivity contribution < 1.29 is 14.2 Å². The molecule has 4 nitrogen and oxygen atoms in total. The van der Waals surface area contributed by atoms with Crippen LogP contribution in [0.3, 0.4) is 0 Å². The fourth-order valence-corrected chi connectivity index (χ4v) is 5.72. The first-order valence-corrected chi connectivity index (χ1v) is 11.5. The average molecular weight is 411 g/mol. The Labute approximate surface area is 173 Å². The van der Waals surface area contributed by atoms with E-state index in [0.29, 0.717) is 17.2 Å². The van der Waals surface area contributed by atoms with Gasteiger partial charge in [0.1, 0.15) is 5.75 Å². The first kappa shape index (κ1) is 21.9. The van der Waals surface area contributed by atoms with E-state index in [-0.39, 0.29) is 6.61 Å². The lowest BCUT2D eigenvalue weighted by molar-refractivity contribution is 0.0860. The minimum atomic E-state index is -1.28. The fourth-order valence-electron chi connectivity index (χ4n) is 4.80. The number of hydrogen-bond donors (Lipinski definition) is 1. The summed E-state index contributed by atoms with van der Waals surface area (Å²) in [5.41, 5.74) is 0.498. The van der Waals surface area contributed by atoms with Gasteiger partial charge in [-0.2, -0.15) is 0 Å². The molecule has 0 bridgehead atoms. The number of nitrogens with zero attached hydrogens (tertiary/aromatic N) is 2. The predicted molar refractivity (Wildman–Crippen MR) is 113 cm³/mol. The second kappa shape index (κ2) is 10.3. The first-order chi connectivity index (χ1) is 13.5. The van der Waals surface area contributed by atoms with Crippen LogP contribution in [0.5, 0.6) is 5.75 Å². The van der Waals surface area contributed by atoms with Crippen LogP contribution in [0.15, 0.2) is 29.2 Å². The Balaban J connectivity index is 1.48. The second-order valence-electron chi connectivity index (χ2n) is 8.31. The zero-order chi connectivity index (χ0) is 20.0. The topological polar surface area (TPSA) is 35.9 Å². The Kier molecular flexibility index (Phi) is 8.03. The van der Waals surface area contributed by atoms with Crippen molar-refractivity contribution in [3.8, 4) is 5.75 Å². The Bertz CT molecular complexity index is 585. The van der Waals surface area contributed by atoms with Crippen molar-refractivity contribution in [1.82, 2.24) is 9.21 Å². The predicted octanol–water partition coefficient (Wildman–Crippen LogP) is 4.73.